The van der Waals surface area contributed by atoms with Gasteiger partial charge in [-0.15, -0.1) is 35.3 Å². The first-order valence-electron chi connectivity index (χ1n) is 13.9. The van der Waals surface area contributed by atoms with E-state index in [1.54, 1.807) is 0 Å². The highest BCUT2D eigenvalue weighted by Crippen LogP contribution is 2.49. The Kier molecular flexibility index (Phi) is 6.79. The molecule has 7 heteroatoms. The molecule has 1 saturated heterocycles. The summed E-state index contributed by atoms with van der Waals surface area (Å²) in [4.78, 5) is 18.0. The normalized spacial score (nSPS) is 14.9. The van der Waals surface area contributed by atoms with Crippen molar-refractivity contribution >= 4 is 81.7 Å². The summed E-state index contributed by atoms with van der Waals surface area (Å²) in [6.45, 7) is 0. The quantitative estimate of drug-likeness (QED) is 0.212. The summed E-state index contributed by atoms with van der Waals surface area (Å²) >= 11 is 5.92. The van der Waals surface area contributed by atoms with E-state index in [2.05, 4.69) is 125 Å². The van der Waals surface area contributed by atoms with Crippen LogP contribution in [0, 0.1) is 0 Å². The van der Waals surface area contributed by atoms with Gasteiger partial charge in [0.2, 0.25) is 0 Å². The van der Waals surface area contributed by atoms with Crippen LogP contribution in [-0.2, 0) is 0 Å². The number of fused-ring (bicyclic) bond motifs is 8. The van der Waals surface area contributed by atoms with Crippen LogP contribution in [-0.4, -0.2) is 30.1 Å². The van der Waals surface area contributed by atoms with E-state index >= 15 is 0 Å². The fourth-order valence-electron chi connectivity index (χ4n) is 5.69. The average Bonchev–Trinajstić information content (AvgIpc) is 3.86. The van der Waals surface area contributed by atoms with Crippen molar-refractivity contribution in [3.8, 4) is 22.3 Å². The Morgan fingerprint density at radius 2 is 1.02 bits per heavy atom. The second-order valence-corrected chi connectivity index (χ2v) is 14.4. The number of hydrogen-bond donors (Lipinski definition) is 2. The lowest BCUT2D eigenvalue weighted by molar-refractivity contribution is 1.19. The van der Waals surface area contributed by atoms with E-state index < -0.39 is 0 Å². The minimum atomic E-state index is 0.264. The van der Waals surface area contributed by atoms with Gasteiger partial charge in [0.15, 0.2) is 0 Å². The number of nitrogens with one attached hydrogen (secondary N) is 2. The maximum Gasteiger partial charge on any atom is 0.0810 e. The molecule has 0 amide bonds. The Morgan fingerprint density at radius 1 is 0.548 bits per heavy atom. The summed E-state index contributed by atoms with van der Waals surface area (Å²) in [6, 6.07) is 31.8. The zero-order chi connectivity index (χ0) is 27.9. The van der Waals surface area contributed by atoms with Gasteiger partial charge < -0.3 is 9.97 Å². The molecule has 8 rings (SSSR count). The van der Waals surface area contributed by atoms with Gasteiger partial charge in [0.05, 0.1) is 27.4 Å². The molecule has 5 aromatic rings. The maximum atomic E-state index is 5.32. The molecule has 3 aliphatic heterocycles. The van der Waals surface area contributed by atoms with Crippen molar-refractivity contribution in [2.45, 2.75) is 4.58 Å². The molecule has 0 unspecified atom stereocenters. The Hall–Kier alpha value is -3.91. The third-order valence-corrected chi connectivity index (χ3v) is 11.9. The highest BCUT2D eigenvalue weighted by atomic mass is 32.3. The highest BCUT2D eigenvalue weighted by Gasteiger charge is 2.25. The minimum absolute atomic E-state index is 0.264. The first-order valence-corrected chi connectivity index (χ1v) is 17.1. The van der Waals surface area contributed by atoms with Crippen molar-refractivity contribution < 1.29 is 0 Å². The predicted molar refractivity (Wildman–Crippen MR) is 185 cm³/mol. The van der Waals surface area contributed by atoms with Gasteiger partial charge in [0, 0.05) is 48.9 Å². The van der Waals surface area contributed by atoms with E-state index in [4.69, 9.17) is 9.97 Å². The maximum absolute atomic E-state index is 5.32. The molecule has 6 heterocycles. The van der Waals surface area contributed by atoms with Gasteiger partial charge >= 0.3 is 0 Å². The number of thioether (sulfide) groups is 3. The van der Waals surface area contributed by atoms with Crippen LogP contribution in [0.1, 0.15) is 32.9 Å². The van der Waals surface area contributed by atoms with Crippen LogP contribution in [0.25, 0.3) is 68.6 Å². The van der Waals surface area contributed by atoms with Gasteiger partial charge in [-0.25, -0.2) is 9.97 Å². The molecule has 2 aromatic carbocycles. The Bertz CT molecular complexity index is 1880. The molecule has 42 heavy (non-hydrogen) atoms. The van der Waals surface area contributed by atoms with Crippen LogP contribution in [0.5, 0.6) is 0 Å². The zero-order valence-corrected chi connectivity index (χ0v) is 25.0. The highest BCUT2D eigenvalue weighted by molar-refractivity contribution is 8.32. The lowest BCUT2D eigenvalue weighted by Gasteiger charge is -2.22. The van der Waals surface area contributed by atoms with Crippen LogP contribution >= 0.6 is 35.3 Å². The fourth-order valence-corrected chi connectivity index (χ4v) is 10.5. The molecule has 8 bridgehead atoms. The number of hydrogen-bond acceptors (Lipinski definition) is 5. The molecular weight excluding hydrogens is 573 g/mol. The Balaban J connectivity index is 1.51. The number of H-pyrrole nitrogens is 2. The van der Waals surface area contributed by atoms with Gasteiger partial charge in [0.25, 0.3) is 0 Å². The summed E-state index contributed by atoms with van der Waals surface area (Å²) in [7, 11) is 0. The predicted octanol–water partition coefficient (Wildman–Crippen LogP) is 10.1. The first kappa shape index (κ1) is 25.8. The third-order valence-electron chi connectivity index (χ3n) is 7.58. The molecule has 0 radical (unpaired) electrons. The smallest absolute Gasteiger partial charge is 0.0810 e. The SMILES string of the molecule is C1=Cc2nc1c(C1SCSCS1)c1nc(c(-c3ccccc3)c3ccc(cc4ccc([nH]4)c2-c2ccccc2)[nH]3)C=C1. The molecule has 3 aromatic heterocycles. The lowest BCUT2D eigenvalue weighted by atomic mass is 10.0. The molecular formula is C35H26N4S3. The monoisotopic (exact) mass is 598 g/mol. The largest absolute Gasteiger partial charge is 0.355 e. The molecule has 0 spiro atoms. The Morgan fingerprint density at radius 3 is 1.52 bits per heavy atom. The van der Waals surface area contributed by atoms with Gasteiger partial charge in [-0.1, -0.05) is 60.7 Å². The van der Waals surface area contributed by atoms with E-state index in [-0.39, 0.29) is 4.58 Å². The summed E-state index contributed by atoms with van der Waals surface area (Å²) in [5, 5.41) is 2.14. The zero-order valence-electron chi connectivity index (χ0n) is 22.6. The number of rotatable bonds is 3. The van der Waals surface area contributed by atoms with Gasteiger partial charge in [-0.3, -0.25) is 0 Å². The average molecular weight is 599 g/mol. The standard InChI is InChI=1S/C35H26N4S3/c1-3-7-22(8-4-1)32-26-13-11-24(36-26)19-25-12-14-27(37-25)33(23-9-5-2-6-10-23)29-16-18-31(39-29)34(30-17-15-28(32)38-30)35-41-20-40-21-42-35/h1-19,35-37H,20-21H2. The number of benzene rings is 2. The molecule has 3 aliphatic rings. The van der Waals surface area contributed by atoms with Crippen LogP contribution in [0.3, 0.4) is 0 Å². The number of aromatic nitrogens is 4. The topological polar surface area (TPSA) is 57.4 Å². The first-order chi connectivity index (χ1) is 20.8. The van der Waals surface area contributed by atoms with Crippen molar-refractivity contribution in [3.05, 3.63) is 119 Å². The second kappa shape index (κ2) is 11.1. The van der Waals surface area contributed by atoms with Gasteiger partial charge in [0.1, 0.15) is 0 Å². The third kappa shape index (κ3) is 4.81. The summed E-state index contributed by atoms with van der Waals surface area (Å²) in [5.74, 6) is 0. The lowest BCUT2D eigenvalue weighted by Crippen LogP contribution is -2.01. The minimum Gasteiger partial charge on any atom is -0.355 e. The van der Waals surface area contributed by atoms with Crippen molar-refractivity contribution in [1.82, 2.24) is 19.9 Å². The Labute approximate surface area is 256 Å². The molecule has 1 fully saturated rings. The number of aromatic amines is 2. The van der Waals surface area contributed by atoms with Crippen LogP contribution in [0.4, 0.5) is 0 Å². The number of nitrogens with zero attached hydrogens (tertiary/aromatic N) is 2. The molecule has 0 aliphatic carbocycles. The van der Waals surface area contributed by atoms with Gasteiger partial charge in [-0.05, 0) is 65.8 Å². The van der Waals surface area contributed by atoms with Crippen molar-refractivity contribution in [2.75, 3.05) is 10.2 Å². The van der Waals surface area contributed by atoms with Crippen LogP contribution in [0.2, 0.25) is 0 Å². The molecule has 4 nitrogen and oxygen atoms in total. The molecule has 0 saturated carbocycles. The molecule has 2 N–H and O–H groups in total. The van der Waals surface area contributed by atoms with E-state index in [1.165, 1.54) is 5.56 Å². The summed E-state index contributed by atoms with van der Waals surface area (Å²) in [6.07, 6.45) is 8.68. The van der Waals surface area contributed by atoms with Crippen LogP contribution < -0.4 is 0 Å². The van der Waals surface area contributed by atoms with E-state index in [9.17, 15) is 0 Å². The fraction of sp³-hybridized carbons (Fsp3) is 0.0857. The van der Waals surface area contributed by atoms with Crippen molar-refractivity contribution in [2.24, 2.45) is 0 Å². The summed E-state index contributed by atoms with van der Waals surface area (Å²) < 4.78 is 0.264. The van der Waals surface area contributed by atoms with Crippen molar-refractivity contribution in [3.63, 3.8) is 0 Å². The molecule has 0 atom stereocenters. The van der Waals surface area contributed by atoms with E-state index in [0.29, 0.717) is 0 Å². The summed E-state index contributed by atoms with van der Waals surface area (Å²) in [5.41, 5.74) is 13.7. The second-order valence-electron chi connectivity index (χ2n) is 10.2. The van der Waals surface area contributed by atoms with E-state index in [0.717, 1.165) is 77.3 Å². The van der Waals surface area contributed by atoms with E-state index in [1.807, 2.05) is 35.3 Å². The van der Waals surface area contributed by atoms with Gasteiger partial charge in [-0.2, -0.15) is 0 Å². The molecule has 204 valence electrons. The van der Waals surface area contributed by atoms with Crippen LogP contribution in [0.15, 0.2) is 91.0 Å². The van der Waals surface area contributed by atoms with Crippen molar-refractivity contribution in [1.29, 1.82) is 0 Å².